The van der Waals surface area contributed by atoms with Crippen molar-refractivity contribution < 1.29 is 14.3 Å². The van der Waals surface area contributed by atoms with E-state index in [0.29, 0.717) is 14.6 Å². The van der Waals surface area contributed by atoms with Crippen LogP contribution in [0, 0.1) is 5.82 Å². The van der Waals surface area contributed by atoms with Crippen molar-refractivity contribution in [2.75, 3.05) is 5.32 Å². The average molecular weight is 389 g/mol. The second-order valence-electron chi connectivity index (χ2n) is 3.74. The van der Waals surface area contributed by atoms with Crippen LogP contribution in [0.25, 0.3) is 0 Å². The number of phenols is 1. The standard InChI is InChI=1S/C13H8Br2FNO2/c14-7-1-3-9(12(18)5-7)13(19)17-8-2-4-10(15)11(16)6-8/h1-6,18H,(H,17,19). The number of carbonyl (C=O) groups is 1. The zero-order valence-corrected chi connectivity index (χ0v) is 12.6. The lowest BCUT2D eigenvalue weighted by Gasteiger charge is -2.07. The largest absolute Gasteiger partial charge is 0.507 e. The molecule has 0 spiro atoms. The van der Waals surface area contributed by atoms with Gasteiger partial charge in [0, 0.05) is 10.2 Å². The molecule has 0 heterocycles. The van der Waals surface area contributed by atoms with E-state index in [1.54, 1.807) is 12.1 Å². The number of hydrogen-bond acceptors (Lipinski definition) is 2. The van der Waals surface area contributed by atoms with Gasteiger partial charge in [0.25, 0.3) is 5.91 Å². The fraction of sp³-hybridized carbons (Fsp3) is 0. The van der Waals surface area contributed by atoms with Crippen LogP contribution in [-0.4, -0.2) is 11.0 Å². The van der Waals surface area contributed by atoms with Crippen LogP contribution >= 0.6 is 31.9 Å². The molecule has 0 aromatic heterocycles. The number of rotatable bonds is 2. The van der Waals surface area contributed by atoms with E-state index in [1.165, 1.54) is 24.3 Å². The number of nitrogens with one attached hydrogen (secondary N) is 1. The van der Waals surface area contributed by atoms with E-state index >= 15 is 0 Å². The summed E-state index contributed by atoms with van der Waals surface area (Å²) >= 11 is 6.21. The molecule has 2 rings (SSSR count). The highest BCUT2D eigenvalue weighted by atomic mass is 79.9. The van der Waals surface area contributed by atoms with E-state index in [0.717, 1.165) is 0 Å². The first-order valence-corrected chi connectivity index (χ1v) is 6.81. The van der Waals surface area contributed by atoms with Gasteiger partial charge in [-0.25, -0.2) is 4.39 Å². The van der Waals surface area contributed by atoms with Crippen molar-refractivity contribution in [1.29, 1.82) is 0 Å². The Morgan fingerprint density at radius 1 is 1.16 bits per heavy atom. The van der Waals surface area contributed by atoms with Crippen LogP contribution in [0.5, 0.6) is 5.75 Å². The van der Waals surface area contributed by atoms with Crippen molar-refractivity contribution in [1.82, 2.24) is 0 Å². The summed E-state index contributed by atoms with van der Waals surface area (Å²) in [5, 5.41) is 12.2. The minimum Gasteiger partial charge on any atom is -0.507 e. The van der Waals surface area contributed by atoms with E-state index in [9.17, 15) is 14.3 Å². The number of hydrogen-bond donors (Lipinski definition) is 2. The highest BCUT2D eigenvalue weighted by molar-refractivity contribution is 9.10. The van der Waals surface area contributed by atoms with Crippen LogP contribution in [0.4, 0.5) is 10.1 Å². The van der Waals surface area contributed by atoms with Gasteiger partial charge in [-0.3, -0.25) is 4.79 Å². The molecule has 0 aliphatic heterocycles. The van der Waals surface area contributed by atoms with Gasteiger partial charge in [0.1, 0.15) is 11.6 Å². The lowest BCUT2D eigenvalue weighted by atomic mass is 10.2. The number of aromatic hydroxyl groups is 1. The Bertz CT molecular complexity index is 647. The first-order valence-electron chi connectivity index (χ1n) is 5.22. The maximum absolute atomic E-state index is 13.3. The van der Waals surface area contributed by atoms with Gasteiger partial charge in [-0.15, -0.1) is 0 Å². The summed E-state index contributed by atoms with van der Waals surface area (Å²) in [7, 11) is 0. The van der Waals surface area contributed by atoms with Gasteiger partial charge >= 0.3 is 0 Å². The summed E-state index contributed by atoms with van der Waals surface area (Å²) in [5.41, 5.74) is 0.430. The average Bonchev–Trinajstić information content (AvgIpc) is 2.33. The van der Waals surface area contributed by atoms with E-state index in [2.05, 4.69) is 37.2 Å². The predicted molar refractivity (Wildman–Crippen MR) is 77.9 cm³/mol. The van der Waals surface area contributed by atoms with Gasteiger partial charge in [0.2, 0.25) is 0 Å². The van der Waals surface area contributed by atoms with E-state index in [-0.39, 0.29) is 11.3 Å². The van der Waals surface area contributed by atoms with Crippen LogP contribution in [0.2, 0.25) is 0 Å². The van der Waals surface area contributed by atoms with Crippen molar-refractivity contribution in [3.63, 3.8) is 0 Å². The molecule has 2 aromatic carbocycles. The lowest BCUT2D eigenvalue weighted by molar-refractivity contribution is 0.102. The van der Waals surface area contributed by atoms with Crippen LogP contribution in [0.3, 0.4) is 0 Å². The smallest absolute Gasteiger partial charge is 0.259 e. The topological polar surface area (TPSA) is 49.3 Å². The fourth-order valence-corrected chi connectivity index (χ4v) is 2.06. The number of halogens is 3. The lowest BCUT2D eigenvalue weighted by Crippen LogP contribution is -2.12. The van der Waals surface area contributed by atoms with E-state index in [4.69, 9.17) is 0 Å². The molecule has 0 aliphatic rings. The van der Waals surface area contributed by atoms with Gasteiger partial charge in [0.05, 0.1) is 10.0 Å². The minimum absolute atomic E-state index is 0.117. The second kappa shape index (κ2) is 5.71. The third kappa shape index (κ3) is 3.33. The molecule has 0 radical (unpaired) electrons. The molecule has 2 N–H and O–H groups in total. The second-order valence-corrected chi connectivity index (χ2v) is 5.51. The summed E-state index contributed by atoms with van der Waals surface area (Å²) in [6, 6.07) is 8.77. The molecule has 1 amide bonds. The fourth-order valence-electron chi connectivity index (χ4n) is 1.47. The Balaban J connectivity index is 2.23. The van der Waals surface area contributed by atoms with Crippen molar-refractivity contribution in [2.24, 2.45) is 0 Å². The first kappa shape index (κ1) is 14.0. The Morgan fingerprint density at radius 2 is 1.89 bits per heavy atom. The first-order chi connectivity index (χ1) is 8.97. The number of benzene rings is 2. The van der Waals surface area contributed by atoms with Crippen molar-refractivity contribution in [3.8, 4) is 5.75 Å². The highest BCUT2D eigenvalue weighted by Gasteiger charge is 2.12. The maximum atomic E-state index is 13.3. The molecular weight excluding hydrogens is 381 g/mol. The molecule has 0 saturated carbocycles. The molecule has 0 bridgehead atoms. The minimum atomic E-state index is -0.508. The maximum Gasteiger partial charge on any atom is 0.259 e. The van der Waals surface area contributed by atoms with Crippen LogP contribution < -0.4 is 5.32 Å². The third-order valence-electron chi connectivity index (χ3n) is 2.38. The summed E-state index contributed by atoms with van der Waals surface area (Å²) in [6.07, 6.45) is 0. The molecule has 2 aromatic rings. The third-order valence-corrected chi connectivity index (χ3v) is 3.52. The molecule has 98 valence electrons. The van der Waals surface area contributed by atoms with Gasteiger partial charge < -0.3 is 10.4 Å². The number of carbonyl (C=O) groups excluding carboxylic acids is 1. The SMILES string of the molecule is O=C(Nc1ccc(Br)c(F)c1)c1ccc(Br)cc1O. The molecule has 6 heteroatoms. The predicted octanol–water partition coefficient (Wildman–Crippen LogP) is 4.31. The summed E-state index contributed by atoms with van der Waals surface area (Å²) in [4.78, 5) is 11.9. The molecule has 3 nitrogen and oxygen atoms in total. The van der Waals surface area contributed by atoms with Crippen LogP contribution in [-0.2, 0) is 0 Å². The van der Waals surface area contributed by atoms with E-state index in [1.807, 2.05) is 0 Å². The zero-order valence-electron chi connectivity index (χ0n) is 9.45. The molecule has 0 aliphatic carbocycles. The summed E-state index contributed by atoms with van der Waals surface area (Å²) < 4.78 is 14.3. The van der Waals surface area contributed by atoms with Crippen LogP contribution in [0.15, 0.2) is 45.3 Å². The number of anilines is 1. The number of amides is 1. The van der Waals surface area contributed by atoms with Gasteiger partial charge in [-0.05, 0) is 52.3 Å². The molecule has 0 unspecified atom stereocenters. The highest BCUT2D eigenvalue weighted by Crippen LogP contribution is 2.24. The Kier molecular flexibility index (Phi) is 4.21. The molecular formula is C13H8Br2FNO2. The zero-order chi connectivity index (χ0) is 14.0. The molecule has 0 fully saturated rings. The Morgan fingerprint density at radius 3 is 2.53 bits per heavy atom. The van der Waals surface area contributed by atoms with E-state index < -0.39 is 11.7 Å². The molecule has 0 saturated heterocycles. The molecule has 19 heavy (non-hydrogen) atoms. The van der Waals surface area contributed by atoms with Crippen molar-refractivity contribution >= 4 is 43.5 Å². The van der Waals surface area contributed by atoms with Crippen LogP contribution in [0.1, 0.15) is 10.4 Å². The number of phenolic OH excluding ortho intramolecular Hbond substituents is 1. The van der Waals surface area contributed by atoms with Gasteiger partial charge in [0.15, 0.2) is 0 Å². The molecule has 0 atom stereocenters. The Hall–Kier alpha value is -1.40. The summed E-state index contributed by atoms with van der Waals surface area (Å²) in [6.45, 7) is 0. The van der Waals surface area contributed by atoms with Crippen molar-refractivity contribution in [3.05, 3.63) is 56.7 Å². The van der Waals surface area contributed by atoms with Gasteiger partial charge in [-0.1, -0.05) is 15.9 Å². The normalized spacial score (nSPS) is 10.3. The summed E-state index contributed by atoms with van der Waals surface area (Å²) in [5.74, 6) is -1.13. The monoisotopic (exact) mass is 387 g/mol. The Labute approximate surface area is 125 Å². The van der Waals surface area contributed by atoms with Crippen molar-refractivity contribution in [2.45, 2.75) is 0 Å². The quantitative estimate of drug-likeness (QED) is 0.805. The van der Waals surface area contributed by atoms with Gasteiger partial charge in [-0.2, -0.15) is 0 Å².